The minimum absolute atomic E-state index is 0.157. The average Bonchev–Trinajstić information content (AvgIpc) is 2.34. The van der Waals surface area contributed by atoms with E-state index in [9.17, 15) is 9.59 Å². The monoisotopic (exact) mass is 263 g/mol. The molecule has 7 nitrogen and oxygen atoms in total. The first-order valence-corrected chi connectivity index (χ1v) is 6.07. The van der Waals surface area contributed by atoms with Crippen LogP contribution >= 0.6 is 12.6 Å². The minimum atomic E-state index is -0.767. The van der Waals surface area contributed by atoms with Crippen molar-refractivity contribution >= 4 is 24.4 Å². The highest BCUT2D eigenvalue weighted by molar-refractivity contribution is 7.80. The summed E-state index contributed by atoms with van der Waals surface area (Å²) in [6.07, 6.45) is 2.13. The van der Waals surface area contributed by atoms with Crippen LogP contribution in [0.25, 0.3) is 0 Å². The second-order valence-corrected chi connectivity index (χ2v) is 4.01. The van der Waals surface area contributed by atoms with Gasteiger partial charge in [0, 0.05) is 5.75 Å². The van der Waals surface area contributed by atoms with E-state index in [-0.39, 0.29) is 11.7 Å². The Morgan fingerprint density at radius 3 is 2.35 bits per heavy atom. The number of nitrogens with two attached hydrogens (primary N) is 3. The van der Waals surface area contributed by atoms with E-state index in [1.165, 1.54) is 0 Å². The van der Waals surface area contributed by atoms with Gasteiger partial charge in [0.05, 0.1) is 6.04 Å². The predicted octanol–water partition coefficient (Wildman–Crippen LogP) is -2.15. The van der Waals surface area contributed by atoms with Gasteiger partial charge in [0.1, 0.15) is 6.04 Å². The SMILES string of the molecule is NCCCCC(N)C(=O)NC(CS)C(=O)NN. The van der Waals surface area contributed by atoms with Crippen LogP contribution in [0.5, 0.6) is 0 Å². The van der Waals surface area contributed by atoms with Crippen molar-refractivity contribution in [3.63, 3.8) is 0 Å². The molecule has 0 aromatic carbocycles. The quantitative estimate of drug-likeness (QED) is 0.0975. The zero-order valence-corrected chi connectivity index (χ0v) is 10.6. The molecule has 0 fully saturated rings. The van der Waals surface area contributed by atoms with Gasteiger partial charge in [-0.1, -0.05) is 6.42 Å². The first-order chi connectivity index (χ1) is 8.06. The molecule has 0 radical (unpaired) electrons. The molecule has 0 rings (SSSR count). The number of nitrogens with one attached hydrogen (secondary N) is 2. The number of hydrogen-bond donors (Lipinski definition) is 6. The Bertz CT molecular complexity index is 252. The van der Waals surface area contributed by atoms with Crippen LogP contribution in [0.15, 0.2) is 0 Å². The second kappa shape index (κ2) is 9.23. The van der Waals surface area contributed by atoms with E-state index in [0.29, 0.717) is 13.0 Å². The molecule has 0 heterocycles. The van der Waals surface area contributed by atoms with Crippen LogP contribution < -0.4 is 28.1 Å². The summed E-state index contributed by atoms with van der Waals surface area (Å²) in [4.78, 5) is 22.8. The van der Waals surface area contributed by atoms with E-state index < -0.39 is 18.0 Å². The summed E-state index contributed by atoms with van der Waals surface area (Å²) in [5.41, 5.74) is 12.9. The third kappa shape index (κ3) is 6.47. The van der Waals surface area contributed by atoms with Crippen molar-refractivity contribution in [1.29, 1.82) is 0 Å². The highest BCUT2D eigenvalue weighted by Gasteiger charge is 2.21. The minimum Gasteiger partial charge on any atom is -0.342 e. The van der Waals surface area contributed by atoms with Gasteiger partial charge in [0.25, 0.3) is 5.91 Å². The molecule has 8 heteroatoms. The van der Waals surface area contributed by atoms with Crippen molar-refractivity contribution in [1.82, 2.24) is 10.7 Å². The lowest BCUT2D eigenvalue weighted by molar-refractivity contribution is -0.129. The Balaban J connectivity index is 4.08. The maximum Gasteiger partial charge on any atom is 0.257 e. The standard InChI is InChI=1S/C9H21N5O2S/c10-4-2-1-3-6(11)8(15)13-7(5-17)9(16)14-12/h6-7,17H,1-5,10-12H2,(H,13,15)(H,14,16). The Kier molecular flexibility index (Phi) is 8.78. The van der Waals surface area contributed by atoms with Crippen LogP contribution in [0.2, 0.25) is 0 Å². The number of hydrogen-bond acceptors (Lipinski definition) is 6. The Hall–Kier alpha value is -0.830. The zero-order chi connectivity index (χ0) is 13.3. The first-order valence-electron chi connectivity index (χ1n) is 5.44. The molecule has 2 amide bonds. The van der Waals surface area contributed by atoms with Crippen LogP contribution in [-0.2, 0) is 9.59 Å². The van der Waals surface area contributed by atoms with Crippen molar-refractivity contribution in [2.24, 2.45) is 17.3 Å². The highest BCUT2D eigenvalue weighted by Crippen LogP contribution is 1.99. The fourth-order valence-corrected chi connectivity index (χ4v) is 1.47. The summed E-state index contributed by atoms with van der Waals surface area (Å²) >= 11 is 3.95. The molecule has 100 valence electrons. The molecule has 0 saturated heterocycles. The largest absolute Gasteiger partial charge is 0.342 e. The molecular formula is C9H21N5O2S. The number of carbonyl (C=O) groups is 2. The normalized spacial score (nSPS) is 13.9. The fraction of sp³-hybridized carbons (Fsp3) is 0.778. The summed E-state index contributed by atoms with van der Waals surface area (Å²) in [6.45, 7) is 0.573. The number of amides is 2. The van der Waals surface area contributed by atoms with Crippen molar-refractivity contribution in [2.45, 2.75) is 31.3 Å². The maximum atomic E-state index is 11.6. The van der Waals surface area contributed by atoms with E-state index in [1.807, 2.05) is 5.43 Å². The molecule has 0 aliphatic carbocycles. The number of thiol groups is 1. The van der Waals surface area contributed by atoms with Crippen molar-refractivity contribution < 1.29 is 9.59 Å². The molecular weight excluding hydrogens is 242 g/mol. The highest BCUT2D eigenvalue weighted by atomic mass is 32.1. The summed E-state index contributed by atoms with van der Waals surface area (Å²) in [6, 6.07) is -1.41. The smallest absolute Gasteiger partial charge is 0.257 e. The van der Waals surface area contributed by atoms with Crippen molar-refractivity contribution in [3.8, 4) is 0 Å². The molecule has 0 saturated carbocycles. The zero-order valence-electron chi connectivity index (χ0n) is 9.69. The summed E-state index contributed by atoms with van der Waals surface area (Å²) in [7, 11) is 0. The molecule has 2 atom stereocenters. The number of rotatable bonds is 8. The van der Waals surface area contributed by atoms with Gasteiger partial charge >= 0.3 is 0 Å². The first kappa shape index (κ1) is 16.2. The number of unbranched alkanes of at least 4 members (excludes halogenated alkanes) is 1. The van der Waals surface area contributed by atoms with Gasteiger partial charge in [-0.05, 0) is 19.4 Å². The number of carbonyl (C=O) groups excluding carboxylic acids is 2. The summed E-state index contributed by atoms with van der Waals surface area (Å²) in [5.74, 6) is 4.24. The number of hydrazine groups is 1. The molecule has 0 bridgehead atoms. The van der Waals surface area contributed by atoms with E-state index in [2.05, 4.69) is 17.9 Å². The molecule has 0 aliphatic heterocycles. The second-order valence-electron chi connectivity index (χ2n) is 3.64. The molecule has 17 heavy (non-hydrogen) atoms. The Morgan fingerprint density at radius 1 is 1.24 bits per heavy atom. The van der Waals surface area contributed by atoms with Gasteiger partial charge in [-0.2, -0.15) is 12.6 Å². The lowest BCUT2D eigenvalue weighted by Gasteiger charge is -2.17. The van der Waals surface area contributed by atoms with Gasteiger partial charge in [-0.15, -0.1) is 0 Å². The topological polar surface area (TPSA) is 136 Å². The third-order valence-electron chi connectivity index (χ3n) is 2.26. The molecule has 0 aliphatic rings. The average molecular weight is 263 g/mol. The van der Waals surface area contributed by atoms with Gasteiger partial charge in [-0.25, -0.2) is 5.84 Å². The fourth-order valence-electron chi connectivity index (χ4n) is 1.21. The lowest BCUT2D eigenvalue weighted by Crippen LogP contribution is -2.53. The molecule has 0 aromatic heterocycles. The van der Waals surface area contributed by atoms with Gasteiger partial charge < -0.3 is 16.8 Å². The Morgan fingerprint density at radius 2 is 1.88 bits per heavy atom. The molecule has 0 spiro atoms. The van der Waals surface area contributed by atoms with Crippen LogP contribution in [0, 0.1) is 0 Å². The lowest BCUT2D eigenvalue weighted by atomic mass is 10.1. The molecule has 0 aromatic rings. The Labute approximate surface area is 106 Å². The predicted molar refractivity (Wildman–Crippen MR) is 69.0 cm³/mol. The van der Waals surface area contributed by atoms with Crippen LogP contribution in [0.4, 0.5) is 0 Å². The van der Waals surface area contributed by atoms with E-state index in [4.69, 9.17) is 17.3 Å². The third-order valence-corrected chi connectivity index (χ3v) is 2.63. The van der Waals surface area contributed by atoms with Gasteiger partial charge in [0.15, 0.2) is 0 Å². The van der Waals surface area contributed by atoms with Crippen molar-refractivity contribution in [3.05, 3.63) is 0 Å². The molecule has 8 N–H and O–H groups in total. The van der Waals surface area contributed by atoms with Crippen LogP contribution in [-0.4, -0.2) is 36.2 Å². The van der Waals surface area contributed by atoms with E-state index >= 15 is 0 Å². The maximum absolute atomic E-state index is 11.6. The van der Waals surface area contributed by atoms with E-state index in [0.717, 1.165) is 12.8 Å². The van der Waals surface area contributed by atoms with Crippen molar-refractivity contribution in [2.75, 3.05) is 12.3 Å². The van der Waals surface area contributed by atoms with Gasteiger partial charge in [-0.3, -0.25) is 15.0 Å². The molecule has 2 unspecified atom stereocenters. The van der Waals surface area contributed by atoms with E-state index in [1.54, 1.807) is 0 Å². The van der Waals surface area contributed by atoms with Gasteiger partial charge in [0.2, 0.25) is 5.91 Å². The van der Waals surface area contributed by atoms with Crippen LogP contribution in [0.3, 0.4) is 0 Å². The summed E-state index contributed by atoms with van der Waals surface area (Å²) < 4.78 is 0. The summed E-state index contributed by atoms with van der Waals surface area (Å²) in [5, 5.41) is 2.48. The van der Waals surface area contributed by atoms with Crippen LogP contribution in [0.1, 0.15) is 19.3 Å².